The monoisotopic (exact) mass is 1270 g/mol. The number of aromatic nitrogens is 5. The van der Waals surface area contributed by atoms with Crippen LogP contribution in [0.5, 0.6) is 0 Å². The Morgan fingerprint density at radius 3 is 0.760 bits per heavy atom. The zero-order valence-electron chi connectivity index (χ0n) is 54.6. The van der Waals surface area contributed by atoms with Gasteiger partial charge in [-0.25, -0.2) is 0 Å². The van der Waals surface area contributed by atoms with E-state index < -0.39 is 0 Å². The van der Waals surface area contributed by atoms with Gasteiger partial charge in [0.1, 0.15) is 0 Å². The molecule has 100 heavy (non-hydrogen) atoms. The van der Waals surface area contributed by atoms with Gasteiger partial charge < -0.3 is 22.8 Å². The smallest absolute Gasteiger partial charge is 0.0648 e. The summed E-state index contributed by atoms with van der Waals surface area (Å²) in [5.74, 6) is 0. The van der Waals surface area contributed by atoms with Gasteiger partial charge in [0.05, 0.1) is 83.6 Å². The molecular formula is C94H60N6. The molecule has 21 aromatic rings. The van der Waals surface area contributed by atoms with Gasteiger partial charge in [0, 0.05) is 117 Å². The second kappa shape index (κ2) is 21.9. The lowest BCUT2D eigenvalue weighted by molar-refractivity contribution is 1.12. The number of benzene rings is 16. The summed E-state index contributed by atoms with van der Waals surface area (Å²) in [6.07, 6.45) is 2.20. The molecule has 0 fully saturated rings. The maximum Gasteiger partial charge on any atom is 0.0648 e. The van der Waals surface area contributed by atoms with Crippen LogP contribution in [-0.2, 0) is 0 Å². The molecule has 5 aromatic heterocycles. The van der Waals surface area contributed by atoms with Crippen molar-refractivity contribution >= 4 is 137 Å². The van der Waals surface area contributed by atoms with E-state index in [1.165, 1.54) is 32.3 Å². The molecule has 0 aliphatic rings. The quantitative estimate of drug-likeness (QED) is 0.129. The highest BCUT2D eigenvalue weighted by Crippen LogP contribution is 2.56. The zero-order chi connectivity index (χ0) is 65.7. The van der Waals surface area contributed by atoms with Crippen LogP contribution in [0.4, 0.5) is 0 Å². The molecule has 0 bridgehead atoms. The lowest BCUT2D eigenvalue weighted by atomic mass is 9.82. The predicted octanol–water partition coefficient (Wildman–Crippen LogP) is 24.5. The molecule has 0 spiro atoms. The van der Waals surface area contributed by atoms with Crippen molar-refractivity contribution in [3.05, 3.63) is 345 Å². The van der Waals surface area contributed by atoms with Crippen LogP contribution >= 0.6 is 0 Å². The van der Waals surface area contributed by atoms with Crippen LogP contribution in [0.1, 0.15) is 5.56 Å². The van der Waals surface area contributed by atoms with Crippen molar-refractivity contribution in [2.45, 2.75) is 0 Å². The van der Waals surface area contributed by atoms with Gasteiger partial charge in [-0.2, -0.15) is 0 Å². The van der Waals surface area contributed by atoms with Gasteiger partial charge in [-0.1, -0.05) is 273 Å². The van der Waals surface area contributed by atoms with Gasteiger partial charge in [-0.15, -0.1) is 0 Å². The van der Waals surface area contributed by atoms with E-state index in [4.69, 9.17) is 4.99 Å². The summed E-state index contributed by atoms with van der Waals surface area (Å²) in [6, 6.07) is 127. The summed E-state index contributed by atoms with van der Waals surface area (Å²) in [5, 5.41) is 16.4. The van der Waals surface area contributed by atoms with Crippen LogP contribution in [0.3, 0.4) is 0 Å². The third-order valence-electron chi connectivity index (χ3n) is 21.3. The molecule has 5 heterocycles. The van der Waals surface area contributed by atoms with Crippen molar-refractivity contribution in [2.24, 2.45) is 4.99 Å². The van der Waals surface area contributed by atoms with E-state index in [0.29, 0.717) is 0 Å². The highest BCUT2D eigenvalue weighted by Gasteiger charge is 2.36. The molecule has 0 radical (unpaired) electrons. The van der Waals surface area contributed by atoms with E-state index in [1.807, 2.05) is 7.05 Å². The zero-order valence-corrected chi connectivity index (χ0v) is 54.6. The maximum absolute atomic E-state index is 5.42. The van der Waals surface area contributed by atoms with Crippen molar-refractivity contribution < 1.29 is 0 Å². The first-order valence-corrected chi connectivity index (χ1v) is 34.4. The minimum Gasteiger partial charge on any atom is -0.309 e. The number of rotatable bonds is 9. The number of hydrogen-bond acceptors (Lipinski definition) is 1. The normalized spacial score (nSPS) is 12.2. The fourth-order valence-corrected chi connectivity index (χ4v) is 17.4. The second-order valence-corrected chi connectivity index (χ2v) is 26.4. The summed E-state index contributed by atoms with van der Waals surface area (Å²) < 4.78 is 12.9. The lowest BCUT2D eigenvalue weighted by Crippen LogP contribution is -2.14. The Morgan fingerprint density at radius 1 is 0.210 bits per heavy atom. The van der Waals surface area contributed by atoms with E-state index in [1.54, 1.807) is 0 Å². The van der Waals surface area contributed by atoms with Crippen molar-refractivity contribution in [2.75, 3.05) is 7.05 Å². The molecule has 0 saturated carbocycles. The number of para-hydroxylation sites is 11. The fourth-order valence-electron chi connectivity index (χ4n) is 17.4. The number of hydrogen-bond donors (Lipinski definition) is 0. The Balaban J connectivity index is 1.10. The Morgan fingerprint density at radius 2 is 0.450 bits per heavy atom. The number of nitrogens with zero attached hydrogens (tertiary/aromatic N) is 6. The van der Waals surface area contributed by atoms with Gasteiger partial charge >= 0.3 is 0 Å². The van der Waals surface area contributed by atoms with Gasteiger partial charge in [0.15, 0.2) is 0 Å². The largest absolute Gasteiger partial charge is 0.309 e. The minimum absolute atomic E-state index is 0.962. The molecule has 21 rings (SSSR count). The van der Waals surface area contributed by atoms with E-state index in [9.17, 15) is 0 Å². The van der Waals surface area contributed by atoms with E-state index in [2.05, 4.69) is 369 Å². The summed E-state index contributed by atoms with van der Waals surface area (Å²) in [7, 11) is 1.96. The van der Waals surface area contributed by atoms with Gasteiger partial charge in [0.2, 0.25) is 0 Å². The predicted molar refractivity (Wildman–Crippen MR) is 423 cm³/mol. The van der Waals surface area contributed by atoms with Crippen molar-refractivity contribution in [1.29, 1.82) is 0 Å². The fraction of sp³-hybridized carbons (Fsp3) is 0.0106. The van der Waals surface area contributed by atoms with Crippen LogP contribution in [0.15, 0.2) is 345 Å². The molecule has 0 atom stereocenters. The van der Waals surface area contributed by atoms with Crippen molar-refractivity contribution in [1.82, 2.24) is 22.8 Å². The van der Waals surface area contributed by atoms with E-state index in [0.717, 1.165) is 166 Å². The van der Waals surface area contributed by atoms with Crippen LogP contribution < -0.4 is 0 Å². The third-order valence-corrected chi connectivity index (χ3v) is 21.3. The molecule has 0 unspecified atom stereocenters. The van der Waals surface area contributed by atoms with E-state index >= 15 is 0 Å². The first-order valence-electron chi connectivity index (χ1n) is 34.4. The Hall–Kier alpha value is -13.3. The van der Waals surface area contributed by atoms with Gasteiger partial charge in [-0.05, 0) is 77.5 Å². The molecule has 466 valence electrons. The molecule has 0 amide bonds. The third kappa shape index (κ3) is 7.87. The first kappa shape index (κ1) is 55.9. The highest BCUT2D eigenvalue weighted by molar-refractivity contribution is 6.25. The van der Waals surface area contributed by atoms with E-state index in [-0.39, 0.29) is 0 Å². The standard InChI is InChI=1S/C94H60N6/c1-95-58-76-88(73-40-14-25-51-85(73)96-77-43-17-6-32-63(77)64-33-7-18-44-78(64)96)93(99-83-49-23-12-38-69(83)71-56-54-59-28-2-4-30-61(59)91(71)99)90(75-42-16-27-53-87(75)98-81-47-21-10-36-67(81)68-37-11-22-48-82(68)98)94(100-84-50-24-13-39-70(84)72-57-55-60-29-3-5-31-62(60)92(72)100)89(76)74-41-15-26-52-86(74)97-79-45-19-8-34-65(79)66-35-9-20-46-80(66)97/h2-58H,1H3/b95-58+. The Labute approximate surface area is 575 Å². The number of fused-ring (bicyclic) bond motifs is 19. The molecule has 16 aromatic carbocycles. The van der Waals surface area contributed by atoms with Crippen LogP contribution in [-0.4, -0.2) is 36.1 Å². The Kier molecular flexibility index (Phi) is 12.2. The molecule has 6 nitrogen and oxygen atoms in total. The van der Waals surface area contributed by atoms with Crippen LogP contribution in [0, 0.1) is 0 Å². The highest BCUT2D eigenvalue weighted by atomic mass is 15.1. The van der Waals surface area contributed by atoms with Crippen LogP contribution in [0.25, 0.3) is 192 Å². The lowest BCUT2D eigenvalue weighted by Gasteiger charge is -2.31. The van der Waals surface area contributed by atoms with Crippen molar-refractivity contribution in [3.63, 3.8) is 0 Å². The molecular weight excluding hydrogens is 1210 g/mol. The van der Waals surface area contributed by atoms with Gasteiger partial charge in [-0.3, -0.25) is 4.99 Å². The average Bonchev–Trinajstić information content (AvgIpc) is 1.36. The second-order valence-electron chi connectivity index (χ2n) is 26.4. The summed E-state index contributed by atoms with van der Waals surface area (Å²) >= 11 is 0. The Bertz CT molecular complexity index is 6560. The molecule has 0 aliphatic carbocycles. The average molecular weight is 1270 g/mol. The summed E-state index contributed by atoms with van der Waals surface area (Å²) in [6.45, 7) is 0. The number of aliphatic imine (C=N–C) groups is 1. The molecule has 6 heteroatoms. The summed E-state index contributed by atoms with van der Waals surface area (Å²) in [4.78, 5) is 5.42. The van der Waals surface area contributed by atoms with Crippen molar-refractivity contribution in [3.8, 4) is 61.8 Å². The SMILES string of the molecule is C/N=C/c1c(-c2ccccc2-n2c3ccccc3c3ccccc32)c(-n2c3ccccc3c3ccc4ccccc4c32)c(-c2ccccc2-n2c3ccccc3c3ccccc32)c(-n2c3ccccc3c3ccc4ccccc4c32)c1-c1ccccc1-n1c2ccccc2c2ccccc21. The van der Waals surface area contributed by atoms with Gasteiger partial charge in [0.25, 0.3) is 0 Å². The van der Waals surface area contributed by atoms with Crippen LogP contribution in [0.2, 0.25) is 0 Å². The molecule has 0 saturated heterocycles. The topological polar surface area (TPSA) is 37.0 Å². The molecule has 0 aliphatic heterocycles. The maximum atomic E-state index is 5.42. The minimum atomic E-state index is 0.962. The first-order chi connectivity index (χ1) is 49.7. The molecule has 0 N–H and O–H groups in total. The summed E-state index contributed by atoms with van der Waals surface area (Å²) in [5.41, 5.74) is 23.4.